The molecule has 0 fully saturated rings. The molecule has 7 nitrogen and oxygen atoms in total. The molecule has 0 aliphatic heterocycles. The lowest BCUT2D eigenvalue weighted by atomic mass is 10.0. The third kappa shape index (κ3) is 3.95. The van der Waals surface area contributed by atoms with Crippen LogP contribution in [0.15, 0.2) is 42.7 Å². The van der Waals surface area contributed by atoms with Crippen LogP contribution in [0.25, 0.3) is 16.6 Å². The lowest BCUT2D eigenvalue weighted by molar-refractivity contribution is 0.0975. The second kappa shape index (κ2) is 8.64. The van der Waals surface area contributed by atoms with E-state index in [0.717, 1.165) is 22.3 Å². The standard InChI is InChI=1S/C17H18N6O.2ClH/c1-10(2)15-12(16(24)22-17(18)19)9-21-23(15)14-7-3-6-13-11(14)5-4-8-20-13;;/h3-10H,1-2H3,(H4,18,19,22,24);2*1H. The quantitative estimate of drug-likeness (QED) is 0.468. The Bertz CT molecular complexity index is 933. The zero-order valence-electron chi connectivity index (χ0n) is 14.3. The van der Waals surface area contributed by atoms with Crippen molar-refractivity contribution in [3.05, 3.63) is 54.0 Å². The molecule has 0 unspecified atom stereocenters. The highest BCUT2D eigenvalue weighted by Crippen LogP contribution is 2.27. The number of carbonyl (C=O) groups excluding carboxylic acids is 1. The monoisotopic (exact) mass is 394 g/mol. The summed E-state index contributed by atoms with van der Waals surface area (Å²) in [5.41, 5.74) is 8.13. The summed E-state index contributed by atoms with van der Waals surface area (Å²) in [5.74, 6) is -0.778. The van der Waals surface area contributed by atoms with E-state index in [1.807, 2.05) is 44.2 Å². The van der Waals surface area contributed by atoms with E-state index in [9.17, 15) is 4.79 Å². The summed E-state index contributed by atoms with van der Waals surface area (Å²) in [6.45, 7) is 3.98. The number of nitrogens with one attached hydrogen (secondary N) is 2. The van der Waals surface area contributed by atoms with Crippen molar-refractivity contribution in [2.24, 2.45) is 5.73 Å². The van der Waals surface area contributed by atoms with Gasteiger partial charge in [-0.05, 0) is 30.2 Å². The van der Waals surface area contributed by atoms with Gasteiger partial charge in [0.25, 0.3) is 5.91 Å². The molecule has 3 rings (SSSR count). The molecule has 0 aliphatic rings. The van der Waals surface area contributed by atoms with Crippen molar-refractivity contribution < 1.29 is 4.79 Å². The van der Waals surface area contributed by atoms with E-state index < -0.39 is 11.9 Å². The van der Waals surface area contributed by atoms with E-state index >= 15 is 0 Å². The van der Waals surface area contributed by atoms with Gasteiger partial charge in [-0.2, -0.15) is 5.10 Å². The molecule has 138 valence electrons. The van der Waals surface area contributed by atoms with Gasteiger partial charge in [-0.15, -0.1) is 24.8 Å². The molecular formula is C17H20Cl2N6O. The Kier molecular flexibility index (Phi) is 7.11. The van der Waals surface area contributed by atoms with Gasteiger partial charge in [0.2, 0.25) is 0 Å². The summed E-state index contributed by atoms with van der Waals surface area (Å²) in [6.07, 6.45) is 3.24. The summed E-state index contributed by atoms with van der Waals surface area (Å²) in [4.78, 5) is 16.6. The third-order valence-electron chi connectivity index (χ3n) is 3.70. The van der Waals surface area contributed by atoms with Crippen molar-refractivity contribution in [3.8, 4) is 5.69 Å². The number of carbonyl (C=O) groups is 1. The van der Waals surface area contributed by atoms with Crippen LogP contribution in [0.3, 0.4) is 0 Å². The molecule has 4 N–H and O–H groups in total. The van der Waals surface area contributed by atoms with E-state index in [1.165, 1.54) is 6.20 Å². The van der Waals surface area contributed by atoms with Crippen molar-refractivity contribution in [3.63, 3.8) is 0 Å². The minimum atomic E-state index is -0.434. The maximum Gasteiger partial charge on any atom is 0.261 e. The zero-order chi connectivity index (χ0) is 17.3. The van der Waals surface area contributed by atoms with Crippen LogP contribution in [0.2, 0.25) is 0 Å². The highest BCUT2D eigenvalue weighted by atomic mass is 35.5. The average Bonchev–Trinajstić information content (AvgIpc) is 2.99. The Balaban J connectivity index is 0.00000169. The van der Waals surface area contributed by atoms with E-state index in [-0.39, 0.29) is 30.7 Å². The molecule has 2 heterocycles. The van der Waals surface area contributed by atoms with Crippen molar-refractivity contribution in [2.45, 2.75) is 19.8 Å². The average molecular weight is 395 g/mol. The number of halogens is 2. The number of amides is 1. The predicted molar refractivity (Wildman–Crippen MR) is 107 cm³/mol. The predicted octanol–water partition coefficient (Wildman–Crippen LogP) is 3.01. The van der Waals surface area contributed by atoms with Crippen molar-refractivity contribution in [1.82, 2.24) is 20.1 Å². The molecule has 1 amide bonds. The molecule has 9 heteroatoms. The van der Waals surface area contributed by atoms with E-state index in [0.29, 0.717) is 5.56 Å². The lowest BCUT2D eigenvalue weighted by Gasteiger charge is -2.14. The van der Waals surface area contributed by atoms with Crippen LogP contribution < -0.4 is 11.1 Å². The van der Waals surface area contributed by atoms with Gasteiger partial charge in [-0.25, -0.2) is 4.68 Å². The zero-order valence-corrected chi connectivity index (χ0v) is 15.9. The van der Waals surface area contributed by atoms with Crippen LogP contribution in [0.4, 0.5) is 0 Å². The Morgan fingerprint density at radius 1 is 1.23 bits per heavy atom. The van der Waals surface area contributed by atoms with Crippen LogP contribution in [0.5, 0.6) is 0 Å². The minimum Gasteiger partial charge on any atom is -0.370 e. The minimum absolute atomic E-state index is 0. The molecule has 0 radical (unpaired) electrons. The Morgan fingerprint density at radius 2 is 1.96 bits per heavy atom. The largest absolute Gasteiger partial charge is 0.370 e. The van der Waals surface area contributed by atoms with Crippen LogP contribution in [-0.4, -0.2) is 26.6 Å². The van der Waals surface area contributed by atoms with Crippen molar-refractivity contribution in [2.75, 3.05) is 0 Å². The third-order valence-corrected chi connectivity index (χ3v) is 3.70. The van der Waals surface area contributed by atoms with Gasteiger partial charge in [0, 0.05) is 11.6 Å². The molecule has 26 heavy (non-hydrogen) atoms. The van der Waals surface area contributed by atoms with Gasteiger partial charge in [0.05, 0.1) is 28.7 Å². The first kappa shape index (κ1) is 21.4. The van der Waals surface area contributed by atoms with Gasteiger partial charge < -0.3 is 5.73 Å². The number of rotatable bonds is 3. The second-order valence-electron chi connectivity index (χ2n) is 5.73. The number of benzene rings is 1. The highest BCUT2D eigenvalue weighted by molar-refractivity contribution is 6.05. The summed E-state index contributed by atoms with van der Waals surface area (Å²) in [6, 6.07) is 9.62. The van der Waals surface area contributed by atoms with Crippen LogP contribution in [0.1, 0.15) is 35.8 Å². The highest BCUT2D eigenvalue weighted by Gasteiger charge is 2.22. The number of nitrogens with zero attached hydrogens (tertiary/aromatic N) is 3. The molecule has 0 saturated heterocycles. The second-order valence-corrected chi connectivity index (χ2v) is 5.73. The Labute approximate surface area is 163 Å². The van der Waals surface area contributed by atoms with Crippen LogP contribution in [0, 0.1) is 5.41 Å². The number of nitrogens with two attached hydrogens (primary N) is 1. The molecule has 0 spiro atoms. The molecule has 0 saturated carbocycles. The Hall–Kier alpha value is -2.64. The van der Waals surface area contributed by atoms with E-state index in [4.69, 9.17) is 11.1 Å². The number of hydrogen-bond acceptors (Lipinski definition) is 4. The number of aromatic nitrogens is 3. The number of hydrogen-bond donors (Lipinski definition) is 3. The fraction of sp³-hybridized carbons (Fsp3) is 0.176. The summed E-state index contributed by atoms with van der Waals surface area (Å²) < 4.78 is 1.75. The fourth-order valence-electron chi connectivity index (χ4n) is 2.74. The van der Waals surface area contributed by atoms with Gasteiger partial charge in [-0.3, -0.25) is 20.5 Å². The van der Waals surface area contributed by atoms with Crippen LogP contribution >= 0.6 is 24.8 Å². The van der Waals surface area contributed by atoms with Crippen LogP contribution in [-0.2, 0) is 0 Å². The van der Waals surface area contributed by atoms with Crippen molar-refractivity contribution in [1.29, 1.82) is 5.41 Å². The van der Waals surface area contributed by atoms with E-state index in [1.54, 1.807) is 10.9 Å². The smallest absolute Gasteiger partial charge is 0.261 e. The molecule has 0 bridgehead atoms. The molecule has 0 atom stereocenters. The molecule has 3 aromatic rings. The van der Waals surface area contributed by atoms with Gasteiger partial charge >= 0.3 is 0 Å². The first-order valence-electron chi connectivity index (χ1n) is 7.56. The molecule has 0 aliphatic carbocycles. The normalized spacial score (nSPS) is 10.1. The van der Waals surface area contributed by atoms with Gasteiger partial charge in [0.1, 0.15) is 0 Å². The SMILES string of the molecule is CC(C)c1c(C(=O)NC(=N)N)cnn1-c1cccc2ncccc12.Cl.Cl. The Morgan fingerprint density at radius 3 is 2.62 bits per heavy atom. The van der Waals surface area contributed by atoms with Crippen molar-refractivity contribution >= 4 is 47.6 Å². The molecule has 2 aromatic heterocycles. The number of pyridine rings is 1. The fourth-order valence-corrected chi connectivity index (χ4v) is 2.74. The topological polar surface area (TPSA) is 110 Å². The van der Waals surface area contributed by atoms with E-state index in [2.05, 4.69) is 15.4 Å². The molecular weight excluding hydrogens is 375 g/mol. The molecule has 1 aromatic carbocycles. The first-order chi connectivity index (χ1) is 11.5. The summed E-state index contributed by atoms with van der Waals surface area (Å²) >= 11 is 0. The number of guanidine groups is 1. The summed E-state index contributed by atoms with van der Waals surface area (Å²) in [7, 11) is 0. The first-order valence-corrected chi connectivity index (χ1v) is 7.56. The van der Waals surface area contributed by atoms with Gasteiger partial charge in [0.15, 0.2) is 5.96 Å². The number of fused-ring (bicyclic) bond motifs is 1. The summed E-state index contributed by atoms with van der Waals surface area (Å²) in [5, 5.41) is 14.9. The lowest BCUT2D eigenvalue weighted by Crippen LogP contribution is -2.36. The van der Waals surface area contributed by atoms with Gasteiger partial charge in [-0.1, -0.05) is 19.9 Å². The maximum absolute atomic E-state index is 12.3. The maximum atomic E-state index is 12.3.